The van der Waals surface area contributed by atoms with Crippen LogP contribution in [-0.2, 0) is 9.53 Å². The monoisotopic (exact) mass is 350 g/mol. The maximum absolute atomic E-state index is 12.3. The van der Waals surface area contributed by atoms with Gasteiger partial charge in [-0.25, -0.2) is 0 Å². The average Bonchev–Trinajstić information content (AvgIpc) is 2.54. The van der Waals surface area contributed by atoms with E-state index in [0.717, 1.165) is 65.1 Å². The topological polar surface area (TPSA) is 53.0 Å². The lowest BCUT2D eigenvalue weighted by Crippen LogP contribution is -2.41. The highest BCUT2D eigenvalue weighted by molar-refractivity contribution is 5.85. The summed E-state index contributed by atoms with van der Waals surface area (Å²) in [5.74, 6) is 0.197. The van der Waals surface area contributed by atoms with Gasteiger partial charge in [-0.2, -0.15) is 0 Å². The Morgan fingerprint density at radius 3 is 2.26 bits per heavy atom. The van der Waals surface area contributed by atoms with Gasteiger partial charge in [-0.15, -0.1) is 12.4 Å². The van der Waals surface area contributed by atoms with E-state index in [1.807, 2.05) is 4.90 Å². The Morgan fingerprint density at radius 2 is 1.74 bits per heavy atom. The molecule has 0 spiro atoms. The molecule has 1 fully saturated rings. The van der Waals surface area contributed by atoms with Gasteiger partial charge in [0.05, 0.1) is 19.3 Å². The number of hydrogen-bond acceptors (Lipinski definition) is 4. The number of aliphatic hydroxyl groups excluding tert-OH is 1. The first-order valence-electron chi connectivity index (χ1n) is 8.93. The van der Waals surface area contributed by atoms with Crippen molar-refractivity contribution >= 4 is 18.3 Å². The Hall–Kier alpha value is -0.360. The standard InChI is InChI=1S/C17H34N2O3.ClH/c1-3-5-9-19(10-6-4-2)17(21)8-7-16(20)15-18-11-13-22-14-12-18;/h16,20H,3-15H2,1-2H3;1H. The summed E-state index contributed by atoms with van der Waals surface area (Å²) >= 11 is 0. The van der Waals surface area contributed by atoms with Crippen LogP contribution in [-0.4, -0.2) is 72.9 Å². The second-order valence-electron chi connectivity index (χ2n) is 6.19. The van der Waals surface area contributed by atoms with E-state index >= 15 is 0 Å². The Balaban J connectivity index is 0.00000484. The number of β-amino-alcohol motifs (C(OH)–C–C–N with tert-alkyl or cyclic N) is 1. The molecule has 1 amide bonds. The van der Waals surface area contributed by atoms with Gasteiger partial charge in [0.1, 0.15) is 0 Å². The SMILES string of the molecule is CCCCN(CCCC)C(=O)CCC(O)CN1CCOCC1.Cl. The molecule has 0 aromatic heterocycles. The number of rotatable bonds is 11. The number of hydrogen-bond donors (Lipinski definition) is 1. The van der Waals surface area contributed by atoms with Gasteiger partial charge in [-0.05, 0) is 19.3 Å². The van der Waals surface area contributed by atoms with Gasteiger partial charge in [-0.1, -0.05) is 26.7 Å². The summed E-state index contributed by atoms with van der Waals surface area (Å²) in [5.41, 5.74) is 0. The van der Waals surface area contributed by atoms with Gasteiger partial charge in [-0.3, -0.25) is 9.69 Å². The summed E-state index contributed by atoms with van der Waals surface area (Å²) in [6, 6.07) is 0. The molecule has 0 radical (unpaired) electrons. The highest BCUT2D eigenvalue weighted by atomic mass is 35.5. The molecule has 0 aliphatic carbocycles. The van der Waals surface area contributed by atoms with Crippen molar-refractivity contribution in [2.75, 3.05) is 45.9 Å². The zero-order valence-electron chi connectivity index (χ0n) is 14.8. The van der Waals surface area contributed by atoms with Crippen molar-refractivity contribution < 1.29 is 14.6 Å². The average molecular weight is 351 g/mol. The van der Waals surface area contributed by atoms with Crippen LogP contribution in [0.5, 0.6) is 0 Å². The second kappa shape index (κ2) is 14.0. The third-order valence-electron chi connectivity index (χ3n) is 4.18. The smallest absolute Gasteiger partial charge is 0.222 e. The van der Waals surface area contributed by atoms with Crippen LogP contribution < -0.4 is 0 Å². The minimum atomic E-state index is -0.416. The third-order valence-corrected chi connectivity index (χ3v) is 4.18. The van der Waals surface area contributed by atoms with E-state index in [-0.39, 0.29) is 18.3 Å². The predicted molar refractivity (Wildman–Crippen MR) is 96.1 cm³/mol. The van der Waals surface area contributed by atoms with Crippen molar-refractivity contribution in [2.24, 2.45) is 0 Å². The number of carbonyl (C=O) groups is 1. The molecule has 1 heterocycles. The number of morpholine rings is 1. The van der Waals surface area contributed by atoms with Crippen LogP contribution in [0.1, 0.15) is 52.4 Å². The fraction of sp³-hybridized carbons (Fsp3) is 0.941. The quantitative estimate of drug-likeness (QED) is 0.621. The summed E-state index contributed by atoms with van der Waals surface area (Å²) in [6.45, 7) is 9.91. The summed E-state index contributed by atoms with van der Waals surface area (Å²) in [4.78, 5) is 16.5. The summed E-state index contributed by atoms with van der Waals surface area (Å²) < 4.78 is 5.30. The molecule has 0 aromatic rings. The van der Waals surface area contributed by atoms with Gasteiger partial charge < -0.3 is 14.7 Å². The second-order valence-corrected chi connectivity index (χ2v) is 6.19. The van der Waals surface area contributed by atoms with E-state index < -0.39 is 6.10 Å². The summed E-state index contributed by atoms with van der Waals surface area (Å²) in [7, 11) is 0. The van der Waals surface area contributed by atoms with Crippen LogP contribution in [0.3, 0.4) is 0 Å². The van der Waals surface area contributed by atoms with E-state index in [1.54, 1.807) is 0 Å². The number of carbonyl (C=O) groups excluding carboxylic acids is 1. The van der Waals surface area contributed by atoms with Gasteiger partial charge >= 0.3 is 0 Å². The molecule has 1 rings (SSSR count). The summed E-state index contributed by atoms with van der Waals surface area (Å²) in [6.07, 6.45) is 4.94. The van der Waals surface area contributed by atoms with Gasteiger partial charge in [0, 0.05) is 39.1 Å². The molecule has 0 aromatic carbocycles. The molecule has 138 valence electrons. The molecule has 1 atom stereocenters. The Labute approximate surface area is 147 Å². The zero-order valence-corrected chi connectivity index (χ0v) is 15.7. The Kier molecular flexibility index (Phi) is 13.8. The number of ether oxygens (including phenoxy) is 1. The molecule has 1 saturated heterocycles. The Morgan fingerprint density at radius 1 is 1.17 bits per heavy atom. The van der Waals surface area contributed by atoms with Crippen molar-refractivity contribution in [1.29, 1.82) is 0 Å². The highest BCUT2D eigenvalue weighted by Gasteiger charge is 2.18. The molecular formula is C17H35ClN2O3. The van der Waals surface area contributed by atoms with Crippen LogP contribution in [0.25, 0.3) is 0 Å². The van der Waals surface area contributed by atoms with Gasteiger partial charge in [0.15, 0.2) is 0 Å². The predicted octanol–water partition coefficient (Wildman–Crippen LogP) is 2.31. The fourth-order valence-corrected chi connectivity index (χ4v) is 2.68. The maximum atomic E-state index is 12.3. The number of aliphatic hydroxyl groups is 1. The van der Waals surface area contributed by atoms with Crippen molar-refractivity contribution in [1.82, 2.24) is 9.80 Å². The van der Waals surface area contributed by atoms with Crippen LogP contribution in [0, 0.1) is 0 Å². The molecule has 1 aliphatic rings. The first-order chi connectivity index (χ1) is 10.7. The molecule has 1 aliphatic heterocycles. The molecule has 5 nitrogen and oxygen atoms in total. The molecular weight excluding hydrogens is 316 g/mol. The molecule has 0 saturated carbocycles. The highest BCUT2D eigenvalue weighted by Crippen LogP contribution is 2.08. The minimum absolute atomic E-state index is 0. The lowest BCUT2D eigenvalue weighted by Gasteiger charge is -2.29. The molecule has 1 unspecified atom stereocenters. The number of amides is 1. The van der Waals surface area contributed by atoms with Gasteiger partial charge in [0.2, 0.25) is 5.91 Å². The minimum Gasteiger partial charge on any atom is -0.392 e. The number of nitrogens with zero attached hydrogens (tertiary/aromatic N) is 2. The lowest BCUT2D eigenvalue weighted by atomic mass is 10.1. The van der Waals surface area contributed by atoms with Gasteiger partial charge in [0.25, 0.3) is 0 Å². The van der Waals surface area contributed by atoms with E-state index in [1.165, 1.54) is 0 Å². The van der Waals surface area contributed by atoms with E-state index in [0.29, 0.717) is 19.4 Å². The first-order valence-corrected chi connectivity index (χ1v) is 8.93. The maximum Gasteiger partial charge on any atom is 0.222 e. The van der Waals surface area contributed by atoms with E-state index in [4.69, 9.17) is 4.74 Å². The fourth-order valence-electron chi connectivity index (χ4n) is 2.68. The van der Waals surface area contributed by atoms with Crippen LogP contribution >= 0.6 is 12.4 Å². The third kappa shape index (κ3) is 10.2. The van der Waals surface area contributed by atoms with Crippen LogP contribution in [0.15, 0.2) is 0 Å². The normalized spacial score (nSPS) is 16.7. The number of halogens is 1. The van der Waals surface area contributed by atoms with E-state index in [9.17, 15) is 9.90 Å². The molecule has 23 heavy (non-hydrogen) atoms. The van der Waals surface area contributed by atoms with Crippen molar-refractivity contribution in [2.45, 2.75) is 58.5 Å². The lowest BCUT2D eigenvalue weighted by molar-refractivity contribution is -0.132. The largest absolute Gasteiger partial charge is 0.392 e. The summed E-state index contributed by atoms with van der Waals surface area (Å²) in [5, 5.41) is 10.1. The molecule has 1 N–H and O–H groups in total. The first kappa shape index (κ1) is 22.6. The van der Waals surface area contributed by atoms with Crippen molar-refractivity contribution in [3.8, 4) is 0 Å². The molecule has 6 heteroatoms. The van der Waals surface area contributed by atoms with Crippen LogP contribution in [0.4, 0.5) is 0 Å². The van der Waals surface area contributed by atoms with E-state index in [2.05, 4.69) is 18.7 Å². The molecule has 0 bridgehead atoms. The Bertz CT molecular complexity index is 292. The van der Waals surface area contributed by atoms with Crippen molar-refractivity contribution in [3.63, 3.8) is 0 Å². The van der Waals surface area contributed by atoms with Crippen LogP contribution in [0.2, 0.25) is 0 Å². The number of unbranched alkanes of at least 4 members (excludes halogenated alkanes) is 2. The zero-order chi connectivity index (χ0) is 16.2. The van der Waals surface area contributed by atoms with Crippen molar-refractivity contribution in [3.05, 3.63) is 0 Å².